The highest BCUT2D eigenvalue weighted by Gasteiger charge is 2.43. The molecule has 0 saturated carbocycles. The van der Waals surface area contributed by atoms with E-state index in [1.54, 1.807) is 32.6 Å². The SMILES string of the molecule is COCCCOP(=O)(OCCCOC)C(C(=O)NC=Cc1ccccc1)c1cccc2ccccc12. The summed E-state index contributed by atoms with van der Waals surface area (Å²) in [5.74, 6) is -0.472. The number of fused-ring (bicyclic) bond motifs is 1. The normalized spacial score (nSPS) is 12.7. The van der Waals surface area contributed by atoms with Gasteiger partial charge in [0, 0.05) is 33.6 Å². The lowest BCUT2D eigenvalue weighted by molar-refractivity contribution is -0.120. The number of hydrogen-bond donors (Lipinski definition) is 1. The minimum Gasteiger partial charge on any atom is -0.385 e. The molecule has 0 bridgehead atoms. The van der Waals surface area contributed by atoms with E-state index < -0.39 is 19.2 Å². The van der Waals surface area contributed by atoms with Crippen LogP contribution >= 0.6 is 7.60 Å². The Bertz CT molecular complexity index is 1150. The van der Waals surface area contributed by atoms with Gasteiger partial charge < -0.3 is 23.8 Å². The lowest BCUT2D eigenvalue weighted by atomic mass is 10.0. The first-order valence-electron chi connectivity index (χ1n) is 12.0. The van der Waals surface area contributed by atoms with Crippen LogP contribution in [0.25, 0.3) is 16.8 Å². The Morgan fingerprint density at radius 2 is 1.44 bits per heavy atom. The number of rotatable bonds is 15. The summed E-state index contributed by atoms with van der Waals surface area (Å²) in [6.07, 6.45) is 4.36. The Kier molecular flexibility index (Phi) is 11.3. The molecule has 1 amide bonds. The third kappa shape index (κ3) is 7.85. The number of amides is 1. The summed E-state index contributed by atoms with van der Waals surface area (Å²) in [7, 11) is -0.782. The molecule has 0 aliphatic rings. The molecule has 0 aliphatic heterocycles. The molecule has 0 radical (unpaired) electrons. The highest BCUT2D eigenvalue weighted by molar-refractivity contribution is 7.55. The highest BCUT2D eigenvalue weighted by Crippen LogP contribution is 2.62. The van der Waals surface area contributed by atoms with Gasteiger partial charge in [0.1, 0.15) is 0 Å². The Balaban J connectivity index is 1.98. The van der Waals surface area contributed by atoms with E-state index in [9.17, 15) is 9.36 Å². The fraction of sp³-hybridized carbons (Fsp3) is 0.321. The van der Waals surface area contributed by atoms with Crippen LogP contribution in [0.15, 0.2) is 79.0 Å². The van der Waals surface area contributed by atoms with Gasteiger partial charge in [0.05, 0.1) is 13.2 Å². The van der Waals surface area contributed by atoms with E-state index in [1.807, 2.05) is 66.7 Å². The predicted octanol–water partition coefficient (Wildman–Crippen LogP) is 5.97. The number of carbonyl (C=O) groups is 1. The zero-order chi connectivity index (χ0) is 25.6. The first kappa shape index (κ1) is 27.8. The van der Waals surface area contributed by atoms with Crippen molar-refractivity contribution in [2.75, 3.05) is 40.6 Å². The van der Waals surface area contributed by atoms with Crippen LogP contribution in [0.5, 0.6) is 0 Å². The molecule has 1 atom stereocenters. The largest absolute Gasteiger partial charge is 0.385 e. The van der Waals surface area contributed by atoms with Gasteiger partial charge in [0.15, 0.2) is 5.66 Å². The first-order valence-corrected chi connectivity index (χ1v) is 13.6. The van der Waals surface area contributed by atoms with E-state index >= 15 is 0 Å². The van der Waals surface area contributed by atoms with Crippen molar-refractivity contribution in [2.45, 2.75) is 18.5 Å². The van der Waals surface area contributed by atoms with Gasteiger partial charge in [0.25, 0.3) is 0 Å². The summed E-state index contributed by atoms with van der Waals surface area (Å²) in [5, 5.41) is 4.54. The van der Waals surface area contributed by atoms with Crippen LogP contribution < -0.4 is 5.32 Å². The van der Waals surface area contributed by atoms with Crippen molar-refractivity contribution >= 4 is 30.4 Å². The van der Waals surface area contributed by atoms with Gasteiger partial charge >= 0.3 is 7.60 Å². The molecule has 8 heteroatoms. The fourth-order valence-corrected chi connectivity index (χ4v) is 5.85. The Labute approximate surface area is 212 Å². The summed E-state index contributed by atoms with van der Waals surface area (Å²) in [6.45, 7) is 1.14. The van der Waals surface area contributed by atoms with Crippen LogP contribution in [0, 0.1) is 0 Å². The van der Waals surface area contributed by atoms with Crippen LogP contribution in [-0.4, -0.2) is 46.6 Å². The summed E-state index contributed by atoms with van der Waals surface area (Å²) in [5.41, 5.74) is 0.337. The van der Waals surface area contributed by atoms with E-state index in [4.69, 9.17) is 18.5 Å². The number of nitrogens with one attached hydrogen (secondary N) is 1. The van der Waals surface area contributed by atoms with Gasteiger partial charge in [-0.1, -0.05) is 72.8 Å². The lowest BCUT2D eigenvalue weighted by Crippen LogP contribution is -2.27. The molecule has 7 nitrogen and oxygen atoms in total. The monoisotopic (exact) mass is 511 g/mol. The number of carbonyl (C=O) groups excluding carboxylic acids is 1. The van der Waals surface area contributed by atoms with Crippen LogP contribution in [0.2, 0.25) is 0 Å². The van der Waals surface area contributed by atoms with Crippen molar-refractivity contribution in [3.8, 4) is 0 Å². The topological polar surface area (TPSA) is 83.1 Å². The fourth-order valence-electron chi connectivity index (χ4n) is 3.78. The maximum absolute atomic E-state index is 14.3. The van der Waals surface area contributed by atoms with Crippen molar-refractivity contribution < 1.29 is 27.9 Å². The summed E-state index contributed by atoms with van der Waals surface area (Å²) >= 11 is 0. The molecule has 0 heterocycles. The van der Waals surface area contributed by atoms with E-state index in [-0.39, 0.29) is 13.2 Å². The highest BCUT2D eigenvalue weighted by atomic mass is 31.2. The van der Waals surface area contributed by atoms with Crippen LogP contribution in [0.4, 0.5) is 0 Å². The zero-order valence-corrected chi connectivity index (χ0v) is 21.7. The predicted molar refractivity (Wildman–Crippen MR) is 143 cm³/mol. The Hall–Kier alpha value is -2.80. The van der Waals surface area contributed by atoms with E-state index in [1.165, 1.54) is 0 Å². The van der Waals surface area contributed by atoms with Gasteiger partial charge in [-0.25, -0.2) is 0 Å². The molecule has 3 aromatic carbocycles. The molecule has 3 rings (SSSR count). The number of methoxy groups -OCH3 is 2. The third-order valence-corrected chi connectivity index (χ3v) is 7.74. The quantitative estimate of drug-likeness (QED) is 0.200. The van der Waals surface area contributed by atoms with E-state index in [0.29, 0.717) is 31.6 Å². The molecule has 36 heavy (non-hydrogen) atoms. The minimum atomic E-state index is -3.96. The zero-order valence-electron chi connectivity index (χ0n) is 20.8. The molecular formula is C28H34NO6P. The first-order chi connectivity index (χ1) is 17.6. The summed E-state index contributed by atoms with van der Waals surface area (Å²) in [4.78, 5) is 13.7. The Morgan fingerprint density at radius 1 is 0.833 bits per heavy atom. The average Bonchev–Trinajstić information content (AvgIpc) is 2.90. The van der Waals surface area contributed by atoms with Crippen LogP contribution in [0.3, 0.4) is 0 Å². The molecule has 1 N–H and O–H groups in total. The second-order valence-corrected chi connectivity index (χ2v) is 10.2. The summed E-state index contributed by atoms with van der Waals surface area (Å²) in [6, 6.07) is 22.9. The molecular weight excluding hydrogens is 477 g/mol. The van der Waals surface area contributed by atoms with Crippen molar-refractivity contribution in [2.24, 2.45) is 0 Å². The molecule has 1 unspecified atom stereocenters. The van der Waals surface area contributed by atoms with Gasteiger partial charge in [0.2, 0.25) is 5.91 Å². The Morgan fingerprint density at radius 3 is 2.11 bits per heavy atom. The molecule has 3 aromatic rings. The smallest absolute Gasteiger partial charge is 0.347 e. The molecule has 0 fully saturated rings. The maximum Gasteiger partial charge on any atom is 0.347 e. The summed E-state index contributed by atoms with van der Waals surface area (Å²) < 4.78 is 36.3. The molecule has 192 valence electrons. The van der Waals surface area contributed by atoms with Crippen LogP contribution in [-0.2, 0) is 27.9 Å². The van der Waals surface area contributed by atoms with Gasteiger partial charge in [-0.15, -0.1) is 0 Å². The van der Waals surface area contributed by atoms with Crippen molar-refractivity contribution in [3.63, 3.8) is 0 Å². The maximum atomic E-state index is 14.3. The average molecular weight is 512 g/mol. The number of benzene rings is 3. The second kappa shape index (κ2) is 14.7. The number of ether oxygens (including phenoxy) is 2. The van der Waals surface area contributed by atoms with E-state index in [0.717, 1.165) is 16.3 Å². The third-order valence-electron chi connectivity index (χ3n) is 5.51. The van der Waals surface area contributed by atoms with Gasteiger partial charge in [-0.05, 0) is 40.8 Å². The molecule has 0 aromatic heterocycles. The molecule has 0 spiro atoms. The van der Waals surface area contributed by atoms with Crippen molar-refractivity contribution in [3.05, 3.63) is 90.1 Å². The minimum absolute atomic E-state index is 0.129. The second-order valence-electron chi connectivity index (χ2n) is 8.12. The van der Waals surface area contributed by atoms with Crippen molar-refractivity contribution in [1.29, 1.82) is 0 Å². The van der Waals surface area contributed by atoms with Gasteiger partial charge in [-0.3, -0.25) is 9.36 Å². The number of hydrogen-bond acceptors (Lipinski definition) is 6. The molecule has 0 aliphatic carbocycles. The lowest BCUT2D eigenvalue weighted by Gasteiger charge is -2.27. The van der Waals surface area contributed by atoms with Crippen molar-refractivity contribution in [1.82, 2.24) is 5.32 Å². The van der Waals surface area contributed by atoms with Gasteiger partial charge in [-0.2, -0.15) is 0 Å². The molecule has 0 saturated heterocycles. The van der Waals surface area contributed by atoms with E-state index in [2.05, 4.69) is 5.32 Å². The standard InChI is InChI=1S/C28H34NO6P/c1-32-19-9-21-34-36(31,35-22-10-20-33-2)27(26-16-8-14-24-13-6-7-15-25(24)26)28(30)29-18-17-23-11-4-3-5-12-23/h3-8,11-18,27H,9-10,19-22H2,1-2H3,(H,29,30). The van der Waals surface area contributed by atoms with Crippen LogP contribution in [0.1, 0.15) is 29.6 Å².